The van der Waals surface area contributed by atoms with Crippen molar-refractivity contribution in [2.75, 3.05) is 12.4 Å². The Morgan fingerprint density at radius 2 is 2.00 bits per heavy atom. The molecule has 0 unspecified atom stereocenters. The number of aryl methyl sites for hydroxylation is 2. The van der Waals surface area contributed by atoms with E-state index in [0.717, 1.165) is 28.5 Å². The van der Waals surface area contributed by atoms with Crippen LogP contribution in [-0.4, -0.2) is 23.2 Å². The van der Waals surface area contributed by atoms with Crippen LogP contribution in [0.15, 0.2) is 41.8 Å². The van der Waals surface area contributed by atoms with E-state index in [-0.39, 0.29) is 5.91 Å². The molecule has 0 spiro atoms. The van der Waals surface area contributed by atoms with Crippen molar-refractivity contribution in [2.24, 2.45) is 0 Å². The Hall–Kier alpha value is -2.25. The first-order valence-electron chi connectivity index (χ1n) is 7.50. The molecular formula is C17H17N3O2S2. The summed E-state index contributed by atoms with van der Waals surface area (Å²) in [5.41, 5.74) is 1.22. The van der Waals surface area contributed by atoms with Crippen molar-refractivity contribution in [1.82, 2.24) is 10.2 Å². The molecule has 1 N–H and O–H groups in total. The molecule has 0 fully saturated rings. The number of hydrogen-bond donors (Lipinski definition) is 1. The standard InChI is InChI=1S/C17H17N3O2S2/c1-22-13-7-4-12(5-8-13)6-9-16-19-20-17(24-16)18-15(21)11-14-3-2-10-23-14/h2-5,7-8,10H,6,9,11H2,1H3,(H,18,20,21). The van der Waals surface area contributed by atoms with E-state index in [2.05, 4.69) is 15.5 Å². The number of anilines is 1. The van der Waals surface area contributed by atoms with Crippen molar-refractivity contribution in [3.05, 3.63) is 57.2 Å². The zero-order valence-corrected chi connectivity index (χ0v) is 14.8. The van der Waals surface area contributed by atoms with Crippen molar-refractivity contribution >= 4 is 33.7 Å². The van der Waals surface area contributed by atoms with E-state index >= 15 is 0 Å². The summed E-state index contributed by atoms with van der Waals surface area (Å²) in [5, 5.41) is 14.4. The molecule has 0 radical (unpaired) electrons. The summed E-state index contributed by atoms with van der Waals surface area (Å²) in [5.74, 6) is 0.792. The Bertz CT molecular complexity index is 783. The SMILES string of the molecule is COc1ccc(CCc2nnc(NC(=O)Cc3cccs3)s2)cc1. The minimum Gasteiger partial charge on any atom is -0.497 e. The minimum atomic E-state index is -0.0599. The summed E-state index contributed by atoms with van der Waals surface area (Å²) in [6, 6.07) is 11.9. The molecule has 0 aliphatic rings. The molecule has 3 rings (SSSR count). The van der Waals surface area contributed by atoms with Crippen LogP contribution in [-0.2, 0) is 24.1 Å². The molecule has 0 atom stereocenters. The highest BCUT2D eigenvalue weighted by Crippen LogP contribution is 2.19. The van der Waals surface area contributed by atoms with E-state index in [4.69, 9.17) is 4.74 Å². The third kappa shape index (κ3) is 4.62. The fraction of sp³-hybridized carbons (Fsp3) is 0.235. The van der Waals surface area contributed by atoms with Crippen molar-refractivity contribution in [2.45, 2.75) is 19.3 Å². The van der Waals surface area contributed by atoms with Gasteiger partial charge in [-0.1, -0.05) is 29.5 Å². The van der Waals surface area contributed by atoms with Gasteiger partial charge in [-0.25, -0.2) is 0 Å². The highest BCUT2D eigenvalue weighted by atomic mass is 32.1. The zero-order chi connectivity index (χ0) is 16.8. The van der Waals surface area contributed by atoms with Crippen LogP contribution >= 0.6 is 22.7 Å². The van der Waals surface area contributed by atoms with Crippen LogP contribution in [0.2, 0.25) is 0 Å². The molecule has 0 aliphatic heterocycles. The van der Waals surface area contributed by atoms with Crippen molar-refractivity contribution in [1.29, 1.82) is 0 Å². The average molecular weight is 359 g/mol. The van der Waals surface area contributed by atoms with Gasteiger partial charge in [-0.2, -0.15) is 0 Å². The van der Waals surface area contributed by atoms with Crippen molar-refractivity contribution in [3.8, 4) is 5.75 Å². The van der Waals surface area contributed by atoms with Gasteiger partial charge in [0.15, 0.2) is 0 Å². The molecule has 24 heavy (non-hydrogen) atoms. The quantitative estimate of drug-likeness (QED) is 0.700. The number of ether oxygens (including phenoxy) is 1. The fourth-order valence-corrected chi connectivity index (χ4v) is 3.64. The molecule has 0 aliphatic carbocycles. The van der Waals surface area contributed by atoms with E-state index in [0.29, 0.717) is 11.6 Å². The summed E-state index contributed by atoms with van der Waals surface area (Å²) >= 11 is 3.00. The smallest absolute Gasteiger partial charge is 0.231 e. The van der Waals surface area contributed by atoms with E-state index in [1.165, 1.54) is 16.9 Å². The number of nitrogens with one attached hydrogen (secondary N) is 1. The number of nitrogens with zero attached hydrogens (tertiary/aromatic N) is 2. The lowest BCUT2D eigenvalue weighted by Crippen LogP contribution is -2.13. The second-order valence-electron chi connectivity index (χ2n) is 5.15. The maximum absolute atomic E-state index is 12.0. The average Bonchev–Trinajstić information content (AvgIpc) is 3.25. The van der Waals surface area contributed by atoms with Crippen LogP contribution < -0.4 is 10.1 Å². The molecule has 5 nitrogen and oxygen atoms in total. The summed E-state index contributed by atoms with van der Waals surface area (Å²) in [4.78, 5) is 13.0. The third-order valence-electron chi connectivity index (χ3n) is 3.41. The molecule has 1 amide bonds. The Morgan fingerprint density at radius 1 is 1.17 bits per heavy atom. The third-order valence-corrected chi connectivity index (χ3v) is 5.19. The highest BCUT2D eigenvalue weighted by Gasteiger charge is 2.09. The van der Waals surface area contributed by atoms with Crippen LogP contribution in [0, 0.1) is 0 Å². The van der Waals surface area contributed by atoms with Gasteiger partial charge in [-0.3, -0.25) is 4.79 Å². The number of carbonyl (C=O) groups excluding carboxylic acids is 1. The first-order valence-corrected chi connectivity index (χ1v) is 9.20. The molecular weight excluding hydrogens is 342 g/mol. The van der Waals surface area contributed by atoms with Crippen LogP contribution in [0.3, 0.4) is 0 Å². The van der Waals surface area contributed by atoms with Crippen LogP contribution in [0.5, 0.6) is 5.75 Å². The number of methoxy groups -OCH3 is 1. The zero-order valence-electron chi connectivity index (χ0n) is 13.2. The second kappa shape index (κ2) is 8.03. The van der Waals surface area contributed by atoms with Crippen LogP contribution in [0.4, 0.5) is 5.13 Å². The molecule has 2 aromatic heterocycles. The van der Waals surface area contributed by atoms with Gasteiger partial charge in [0.25, 0.3) is 0 Å². The van der Waals surface area contributed by atoms with Gasteiger partial charge >= 0.3 is 0 Å². The number of aromatic nitrogens is 2. The van der Waals surface area contributed by atoms with Gasteiger partial charge in [0.1, 0.15) is 10.8 Å². The maximum Gasteiger partial charge on any atom is 0.231 e. The molecule has 1 aromatic carbocycles. The number of rotatable bonds is 7. The number of thiophene rings is 1. The molecule has 2 heterocycles. The predicted molar refractivity (Wildman–Crippen MR) is 97.0 cm³/mol. The van der Waals surface area contributed by atoms with Crippen LogP contribution in [0.25, 0.3) is 0 Å². The molecule has 7 heteroatoms. The first kappa shape index (κ1) is 16.6. The Labute approximate surface area is 148 Å². The summed E-state index contributed by atoms with van der Waals surface area (Å²) in [6.45, 7) is 0. The molecule has 3 aromatic rings. The number of benzene rings is 1. The normalized spacial score (nSPS) is 10.5. The summed E-state index contributed by atoms with van der Waals surface area (Å²) < 4.78 is 5.15. The van der Waals surface area contributed by atoms with E-state index in [9.17, 15) is 4.79 Å². The summed E-state index contributed by atoms with van der Waals surface area (Å²) in [6.07, 6.45) is 2.05. The lowest BCUT2D eigenvalue weighted by atomic mass is 10.1. The lowest BCUT2D eigenvalue weighted by Gasteiger charge is -2.01. The predicted octanol–water partition coefficient (Wildman–Crippen LogP) is 3.57. The van der Waals surface area contributed by atoms with E-state index in [1.807, 2.05) is 41.8 Å². The molecule has 0 bridgehead atoms. The maximum atomic E-state index is 12.0. The molecule has 0 saturated carbocycles. The van der Waals surface area contributed by atoms with E-state index in [1.54, 1.807) is 18.4 Å². The summed E-state index contributed by atoms with van der Waals surface area (Å²) in [7, 11) is 1.66. The lowest BCUT2D eigenvalue weighted by molar-refractivity contribution is -0.115. The van der Waals surface area contributed by atoms with Gasteiger partial charge in [0.2, 0.25) is 11.0 Å². The molecule has 124 valence electrons. The highest BCUT2D eigenvalue weighted by molar-refractivity contribution is 7.15. The van der Waals surface area contributed by atoms with Gasteiger partial charge in [0, 0.05) is 11.3 Å². The number of hydrogen-bond acceptors (Lipinski definition) is 6. The number of carbonyl (C=O) groups is 1. The topological polar surface area (TPSA) is 64.1 Å². The largest absolute Gasteiger partial charge is 0.497 e. The van der Waals surface area contributed by atoms with Gasteiger partial charge < -0.3 is 10.1 Å². The van der Waals surface area contributed by atoms with E-state index < -0.39 is 0 Å². The monoisotopic (exact) mass is 359 g/mol. The first-order chi connectivity index (χ1) is 11.7. The minimum absolute atomic E-state index is 0.0599. The van der Waals surface area contributed by atoms with Crippen molar-refractivity contribution < 1.29 is 9.53 Å². The van der Waals surface area contributed by atoms with Crippen molar-refractivity contribution in [3.63, 3.8) is 0 Å². The Kier molecular flexibility index (Phi) is 5.55. The Balaban J connectivity index is 1.50. The van der Waals surface area contributed by atoms with Gasteiger partial charge in [-0.15, -0.1) is 21.5 Å². The van der Waals surface area contributed by atoms with Gasteiger partial charge in [-0.05, 0) is 35.6 Å². The van der Waals surface area contributed by atoms with Crippen LogP contribution in [0.1, 0.15) is 15.4 Å². The number of amides is 1. The van der Waals surface area contributed by atoms with Gasteiger partial charge in [0.05, 0.1) is 13.5 Å². The fourth-order valence-electron chi connectivity index (χ4n) is 2.18. The second-order valence-corrected chi connectivity index (χ2v) is 7.25. The molecule has 0 saturated heterocycles. The Morgan fingerprint density at radius 3 is 2.71 bits per heavy atom.